The summed E-state index contributed by atoms with van der Waals surface area (Å²) in [7, 11) is 0. The zero-order valence-corrected chi connectivity index (χ0v) is 21.8. The number of carbonyl (C=O) groups is 1. The molecule has 9 heteroatoms. The van der Waals surface area contributed by atoms with E-state index in [9.17, 15) is 4.79 Å². The number of ether oxygens (including phenoxy) is 2. The van der Waals surface area contributed by atoms with E-state index in [0.717, 1.165) is 62.0 Å². The van der Waals surface area contributed by atoms with Crippen LogP contribution < -0.4 is 19.7 Å². The van der Waals surface area contributed by atoms with Gasteiger partial charge in [-0.2, -0.15) is 4.98 Å². The third kappa shape index (κ3) is 5.08. The van der Waals surface area contributed by atoms with Crippen LogP contribution >= 0.6 is 11.6 Å². The number of piperazine rings is 1. The van der Waals surface area contributed by atoms with Gasteiger partial charge in [0.05, 0.1) is 11.3 Å². The third-order valence-electron chi connectivity index (χ3n) is 7.14. The third-order valence-corrected chi connectivity index (χ3v) is 7.39. The summed E-state index contributed by atoms with van der Waals surface area (Å²) in [5.41, 5.74) is 3.35. The van der Waals surface area contributed by atoms with Gasteiger partial charge in [-0.25, -0.2) is 4.98 Å². The molecule has 3 heterocycles. The van der Waals surface area contributed by atoms with Gasteiger partial charge in [-0.3, -0.25) is 9.69 Å². The van der Waals surface area contributed by atoms with Crippen molar-refractivity contribution in [2.45, 2.75) is 33.2 Å². The first-order valence-corrected chi connectivity index (χ1v) is 13.0. The second-order valence-electron chi connectivity index (χ2n) is 10.7. The number of rotatable bonds is 5. The predicted molar refractivity (Wildman–Crippen MR) is 143 cm³/mol. The van der Waals surface area contributed by atoms with Gasteiger partial charge >= 0.3 is 0 Å². The molecule has 192 valence electrons. The smallest absolute Gasteiger partial charge is 0.231 e. The molecule has 0 bridgehead atoms. The number of carbonyl (C=O) groups excluding carboxylic acids is 1. The van der Waals surface area contributed by atoms with E-state index in [4.69, 9.17) is 31.0 Å². The van der Waals surface area contributed by atoms with E-state index in [2.05, 4.69) is 41.1 Å². The van der Waals surface area contributed by atoms with Crippen molar-refractivity contribution in [3.05, 3.63) is 64.3 Å². The van der Waals surface area contributed by atoms with Crippen LogP contribution in [-0.4, -0.2) is 53.6 Å². The minimum atomic E-state index is -0.128. The molecule has 1 fully saturated rings. The minimum Gasteiger partial charge on any atom is -0.454 e. The molecule has 1 N–H and O–H groups in total. The maximum atomic E-state index is 13.2. The number of hydrogen-bond acceptors (Lipinski definition) is 8. The van der Waals surface area contributed by atoms with E-state index >= 15 is 0 Å². The average Bonchev–Trinajstić information content (AvgIpc) is 3.33. The molecule has 1 aromatic heterocycles. The number of aromatic nitrogens is 2. The molecule has 0 spiro atoms. The Bertz CT molecular complexity index is 1340. The highest BCUT2D eigenvalue weighted by molar-refractivity contribution is 6.30. The quantitative estimate of drug-likeness (QED) is 0.500. The van der Waals surface area contributed by atoms with Crippen molar-refractivity contribution < 1.29 is 14.3 Å². The number of ketones is 1. The van der Waals surface area contributed by atoms with E-state index in [1.165, 1.54) is 5.56 Å². The zero-order chi connectivity index (χ0) is 25.6. The molecule has 37 heavy (non-hydrogen) atoms. The summed E-state index contributed by atoms with van der Waals surface area (Å²) < 4.78 is 11.0. The van der Waals surface area contributed by atoms with Crippen molar-refractivity contribution in [1.82, 2.24) is 14.9 Å². The Hall–Kier alpha value is -3.36. The number of Topliss-reactive ketones (excluding diaryl/α,β-unsaturated/α-hetero) is 1. The number of anilines is 3. The Balaban J connectivity index is 1.22. The van der Waals surface area contributed by atoms with E-state index in [1.54, 1.807) is 0 Å². The van der Waals surface area contributed by atoms with Gasteiger partial charge in [-0.05, 0) is 53.8 Å². The van der Waals surface area contributed by atoms with Crippen molar-refractivity contribution in [2.75, 3.05) is 43.2 Å². The average molecular weight is 520 g/mol. The van der Waals surface area contributed by atoms with Gasteiger partial charge in [0, 0.05) is 49.9 Å². The van der Waals surface area contributed by atoms with E-state index in [-0.39, 0.29) is 18.0 Å². The fourth-order valence-corrected chi connectivity index (χ4v) is 5.39. The molecule has 1 aliphatic carbocycles. The van der Waals surface area contributed by atoms with Gasteiger partial charge in [-0.15, -0.1) is 0 Å². The first-order chi connectivity index (χ1) is 17.8. The van der Waals surface area contributed by atoms with Crippen LogP contribution in [0.15, 0.2) is 42.5 Å². The second-order valence-corrected chi connectivity index (χ2v) is 11.2. The number of nitrogens with zero attached hydrogens (tertiary/aromatic N) is 4. The lowest BCUT2D eigenvalue weighted by molar-refractivity contribution is 0.0911. The molecule has 0 unspecified atom stereocenters. The molecule has 2 aromatic carbocycles. The van der Waals surface area contributed by atoms with Crippen LogP contribution in [0.1, 0.15) is 41.9 Å². The molecular formula is C28H30ClN5O3. The number of hydrogen-bond donors (Lipinski definition) is 1. The fourth-order valence-electron chi connectivity index (χ4n) is 5.26. The molecule has 3 aromatic rings. The van der Waals surface area contributed by atoms with Crippen LogP contribution in [0.2, 0.25) is 5.02 Å². The van der Waals surface area contributed by atoms with Gasteiger partial charge in [-0.1, -0.05) is 31.5 Å². The maximum Gasteiger partial charge on any atom is 0.231 e. The summed E-state index contributed by atoms with van der Waals surface area (Å²) in [5, 5.41) is 4.03. The van der Waals surface area contributed by atoms with Crippen LogP contribution in [0.3, 0.4) is 0 Å². The molecule has 8 nitrogen and oxygen atoms in total. The summed E-state index contributed by atoms with van der Waals surface area (Å²) in [5.74, 6) is 2.96. The number of fused-ring (bicyclic) bond motifs is 2. The van der Waals surface area contributed by atoms with Crippen LogP contribution in [0.4, 0.5) is 17.5 Å². The molecule has 0 radical (unpaired) electrons. The summed E-state index contributed by atoms with van der Waals surface area (Å²) >= 11 is 6.07. The summed E-state index contributed by atoms with van der Waals surface area (Å²) in [6.07, 6.45) is 1.22. The molecule has 0 atom stereocenters. The molecule has 1 saturated heterocycles. The molecule has 0 saturated carbocycles. The maximum absolute atomic E-state index is 13.2. The van der Waals surface area contributed by atoms with Crippen LogP contribution in [0.25, 0.3) is 0 Å². The Morgan fingerprint density at radius 2 is 1.73 bits per heavy atom. The first-order valence-electron chi connectivity index (χ1n) is 12.7. The SMILES string of the molecule is CC1(C)CC(=O)c2c(nc(N3CCN(Cc4ccc5c(c4)OCO5)CC3)nc2Nc2ccc(Cl)cc2)C1. The highest BCUT2D eigenvalue weighted by atomic mass is 35.5. The lowest BCUT2D eigenvalue weighted by atomic mass is 9.75. The summed E-state index contributed by atoms with van der Waals surface area (Å²) in [4.78, 5) is 27.6. The number of halogens is 1. The highest BCUT2D eigenvalue weighted by Gasteiger charge is 2.35. The van der Waals surface area contributed by atoms with E-state index < -0.39 is 0 Å². The monoisotopic (exact) mass is 519 g/mol. The van der Waals surface area contributed by atoms with Crippen molar-refractivity contribution in [3.63, 3.8) is 0 Å². The van der Waals surface area contributed by atoms with Gasteiger partial charge in [0.15, 0.2) is 17.3 Å². The number of nitrogens with one attached hydrogen (secondary N) is 1. The Morgan fingerprint density at radius 1 is 0.973 bits per heavy atom. The van der Waals surface area contributed by atoms with E-state index in [1.807, 2.05) is 30.3 Å². The summed E-state index contributed by atoms with van der Waals surface area (Å²) in [6, 6.07) is 13.6. The minimum absolute atomic E-state index is 0.0859. The molecule has 3 aliphatic rings. The molecular weight excluding hydrogens is 490 g/mol. The Labute approximate surface area is 221 Å². The molecule has 6 rings (SSSR count). The first kappa shape index (κ1) is 24.0. The van der Waals surface area contributed by atoms with Crippen molar-refractivity contribution >= 4 is 34.8 Å². The lowest BCUT2D eigenvalue weighted by Gasteiger charge is -2.36. The number of benzene rings is 2. The Morgan fingerprint density at radius 3 is 2.51 bits per heavy atom. The highest BCUT2D eigenvalue weighted by Crippen LogP contribution is 2.38. The van der Waals surface area contributed by atoms with Crippen molar-refractivity contribution in [1.29, 1.82) is 0 Å². The zero-order valence-electron chi connectivity index (χ0n) is 21.1. The van der Waals surface area contributed by atoms with Crippen LogP contribution in [0.5, 0.6) is 11.5 Å². The van der Waals surface area contributed by atoms with Gasteiger partial charge in [0.25, 0.3) is 0 Å². The van der Waals surface area contributed by atoms with E-state index in [0.29, 0.717) is 28.8 Å². The van der Waals surface area contributed by atoms with Crippen LogP contribution in [-0.2, 0) is 13.0 Å². The van der Waals surface area contributed by atoms with Crippen LogP contribution in [0, 0.1) is 5.41 Å². The van der Waals surface area contributed by atoms with Gasteiger partial charge in [0.2, 0.25) is 12.7 Å². The lowest BCUT2D eigenvalue weighted by Crippen LogP contribution is -2.46. The molecule has 2 aliphatic heterocycles. The Kier molecular flexibility index (Phi) is 6.16. The normalized spacial score (nSPS) is 18.6. The van der Waals surface area contributed by atoms with Gasteiger partial charge < -0.3 is 19.7 Å². The summed E-state index contributed by atoms with van der Waals surface area (Å²) in [6.45, 7) is 8.77. The standard InChI is InChI=1S/C28H30ClN5O3/c1-28(2)14-21-25(22(35)15-28)26(30-20-6-4-19(29)5-7-20)32-27(31-21)34-11-9-33(10-12-34)16-18-3-8-23-24(13-18)37-17-36-23/h3-8,13H,9-12,14-17H2,1-2H3,(H,30,31,32). The fraction of sp³-hybridized carbons (Fsp3) is 0.393. The largest absolute Gasteiger partial charge is 0.454 e. The van der Waals surface area contributed by atoms with Crippen molar-refractivity contribution in [3.8, 4) is 11.5 Å². The topological polar surface area (TPSA) is 79.8 Å². The second kappa shape index (κ2) is 9.50. The molecule has 0 amide bonds. The van der Waals surface area contributed by atoms with Gasteiger partial charge in [0.1, 0.15) is 5.82 Å². The predicted octanol–water partition coefficient (Wildman–Crippen LogP) is 5.08. The van der Waals surface area contributed by atoms with Crippen molar-refractivity contribution in [2.24, 2.45) is 5.41 Å².